The van der Waals surface area contributed by atoms with E-state index in [4.69, 9.17) is 9.47 Å². The standard InChI is InChI=1S/C16H20FNO4/c1-16(2,3)22-15(20)18-13-8-10(19)9-21-14(13)11-6-4-5-7-12(11)17/h4-7,13-14H,8-9H2,1-3H3,(H,18,20)/t13-,14+/m1/s1. The third kappa shape index (κ3) is 4.27. The Hall–Kier alpha value is -1.95. The zero-order chi connectivity index (χ0) is 16.3. The molecule has 0 spiro atoms. The highest BCUT2D eigenvalue weighted by molar-refractivity contribution is 5.82. The fourth-order valence-corrected chi connectivity index (χ4v) is 2.31. The number of rotatable bonds is 2. The lowest BCUT2D eigenvalue weighted by atomic mass is 9.95. The molecule has 0 unspecified atom stereocenters. The number of Topliss-reactive ketones (excluding diaryl/α,β-unsaturated/α-hetero) is 1. The molecule has 1 aliphatic rings. The molecule has 120 valence electrons. The van der Waals surface area contributed by atoms with E-state index in [-0.39, 0.29) is 18.8 Å². The largest absolute Gasteiger partial charge is 0.444 e. The molecule has 1 amide bonds. The number of benzene rings is 1. The molecule has 0 aromatic heterocycles. The van der Waals surface area contributed by atoms with Crippen molar-refractivity contribution in [1.82, 2.24) is 5.32 Å². The second-order valence-corrected chi connectivity index (χ2v) is 6.25. The average molecular weight is 309 g/mol. The van der Waals surface area contributed by atoms with Crippen LogP contribution in [-0.4, -0.2) is 30.1 Å². The molecule has 1 aromatic rings. The van der Waals surface area contributed by atoms with Gasteiger partial charge in [-0.05, 0) is 26.8 Å². The number of hydrogen-bond donors (Lipinski definition) is 1. The number of hydrogen-bond acceptors (Lipinski definition) is 4. The van der Waals surface area contributed by atoms with E-state index in [0.29, 0.717) is 5.56 Å². The van der Waals surface area contributed by atoms with E-state index in [2.05, 4.69) is 5.32 Å². The summed E-state index contributed by atoms with van der Waals surface area (Å²) in [5.74, 6) is -0.577. The molecule has 22 heavy (non-hydrogen) atoms. The summed E-state index contributed by atoms with van der Waals surface area (Å²) in [6.07, 6.45) is -1.29. The summed E-state index contributed by atoms with van der Waals surface area (Å²) >= 11 is 0. The van der Waals surface area contributed by atoms with Crippen molar-refractivity contribution in [3.8, 4) is 0 Å². The normalized spacial score (nSPS) is 22.3. The summed E-state index contributed by atoms with van der Waals surface area (Å²) in [7, 11) is 0. The van der Waals surface area contributed by atoms with Crippen LogP contribution in [0, 0.1) is 5.82 Å². The Balaban J connectivity index is 2.16. The van der Waals surface area contributed by atoms with Gasteiger partial charge in [0.25, 0.3) is 0 Å². The van der Waals surface area contributed by atoms with Crippen molar-refractivity contribution in [2.75, 3.05) is 6.61 Å². The third-order valence-corrected chi connectivity index (χ3v) is 3.15. The molecule has 0 bridgehead atoms. The van der Waals surface area contributed by atoms with Gasteiger partial charge in [-0.3, -0.25) is 4.79 Å². The van der Waals surface area contributed by atoms with Crippen LogP contribution in [0.3, 0.4) is 0 Å². The van der Waals surface area contributed by atoms with Gasteiger partial charge in [-0.15, -0.1) is 0 Å². The highest BCUT2D eigenvalue weighted by Gasteiger charge is 2.35. The molecule has 1 aliphatic heterocycles. The fourth-order valence-electron chi connectivity index (χ4n) is 2.31. The molecule has 1 aromatic carbocycles. The van der Waals surface area contributed by atoms with Crippen LogP contribution < -0.4 is 5.32 Å². The van der Waals surface area contributed by atoms with E-state index < -0.39 is 29.7 Å². The first-order valence-electron chi connectivity index (χ1n) is 7.13. The van der Waals surface area contributed by atoms with Gasteiger partial charge in [0.1, 0.15) is 24.1 Å². The number of carbonyl (C=O) groups is 2. The Labute approximate surface area is 128 Å². The predicted molar refractivity (Wildman–Crippen MR) is 77.9 cm³/mol. The maximum absolute atomic E-state index is 13.9. The Bertz CT molecular complexity index is 568. The van der Waals surface area contributed by atoms with Crippen LogP contribution in [0.15, 0.2) is 24.3 Å². The van der Waals surface area contributed by atoms with E-state index in [1.807, 2.05) is 0 Å². The highest BCUT2D eigenvalue weighted by Crippen LogP contribution is 2.29. The van der Waals surface area contributed by atoms with Gasteiger partial charge in [-0.1, -0.05) is 18.2 Å². The van der Waals surface area contributed by atoms with Gasteiger partial charge in [0, 0.05) is 12.0 Å². The molecule has 6 heteroatoms. The van der Waals surface area contributed by atoms with Gasteiger partial charge in [-0.2, -0.15) is 0 Å². The molecule has 0 radical (unpaired) electrons. The molecular formula is C16H20FNO4. The first-order valence-corrected chi connectivity index (χ1v) is 7.13. The molecule has 0 aliphatic carbocycles. The van der Waals surface area contributed by atoms with Crippen molar-refractivity contribution in [2.45, 2.75) is 44.9 Å². The first kappa shape index (κ1) is 16.4. The fraction of sp³-hybridized carbons (Fsp3) is 0.500. The summed E-state index contributed by atoms with van der Waals surface area (Å²) in [6.45, 7) is 5.13. The lowest BCUT2D eigenvalue weighted by molar-refractivity contribution is -0.133. The summed E-state index contributed by atoms with van der Waals surface area (Å²) in [6, 6.07) is 5.50. The number of nitrogens with one attached hydrogen (secondary N) is 1. The molecular weight excluding hydrogens is 289 g/mol. The first-order chi connectivity index (χ1) is 10.3. The Kier molecular flexibility index (Phi) is 4.81. The van der Waals surface area contributed by atoms with Crippen molar-refractivity contribution in [1.29, 1.82) is 0 Å². The van der Waals surface area contributed by atoms with Crippen molar-refractivity contribution in [2.24, 2.45) is 0 Å². The molecule has 5 nitrogen and oxygen atoms in total. The maximum Gasteiger partial charge on any atom is 0.407 e. The number of alkyl carbamates (subject to hydrolysis) is 1. The smallest absolute Gasteiger partial charge is 0.407 e. The second-order valence-electron chi connectivity index (χ2n) is 6.25. The summed E-state index contributed by atoms with van der Waals surface area (Å²) in [5.41, 5.74) is -0.340. The van der Waals surface area contributed by atoms with Crippen molar-refractivity contribution >= 4 is 11.9 Å². The SMILES string of the molecule is CC(C)(C)OC(=O)N[C@@H]1CC(=O)CO[C@H]1c1ccccc1F. The molecule has 1 fully saturated rings. The van der Waals surface area contributed by atoms with Crippen LogP contribution in [0.5, 0.6) is 0 Å². The quantitative estimate of drug-likeness (QED) is 0.912. The van der Waals surface area contributed by atoms with Gasteiger partial charge in [0.2, 0.25) is 0 Å². The summed E-state index contributed by atoms with van der Waals surface area (Å²) in [5, 5.41) is 2.61. The van der Waals surface area contributed by atoms with E-state index in [9.17, 15) is 14.0 Å². The zero-order valence-corrected chi connectivity index (χ0v) is 12.9. The second kappa shape index (κ2) is 6.44. The Morgan fingerprint density at radius 2 is 2.05 bits per heavy atom. The van der Waals surface area contributed by atoms with Crippen molar-refractivity contribution in [3.05, 3.63) is 35.6 Å². The third-order valence-electron chi connectivity index (χ3n) is 3.15. The monoisotopic (exact) mass is 309 g/mol. The van der Waals surface area contributed by atoms with Crippen LogP contribution >= 0.6 is 0 Å². The summed E-state index contributed by atoms with van der Waals surface area (Å²) < 4.78 is 24.6. The number of amides is 1. The van der Waals surface area contributed by atoms with E-state index in [1.54, 1.807) is 39.0 Å². The van der Waals surface area contributed by atoms with Crippen LogP contribution in [0.1, 0.15) is 38.9 Å². The van der Waals surface area contributed by atoms with E-state index >= 15 is 0 Å². The number of ether oxygens (including phenoxy) is 2. The number of carbonyl (C=O) groups excluding carboxylic acids is 2. The highest BCUT2D eigenvalue weighted by atomic mass is 19.1. The van der Waals surface area contributed by atoms with E-state index in [0.717, 1.165) is 0 Å². The Morgan fingerprint density at radius 1 is 1.36 bits per heavy atom. The molecule has 0 saturated carbocycles. The maximum atomic E-state index is 13.9. The molecule has 2 rings (SSSR count). The van der Waals surface area contributed by atoms with Gasteiger partial charge in [-0.25, -0.2) is 9.18 Å². The summed E-state index contributed by atoms with van der Waals surface area (Å²) in [4.78, 5) is 23.5. The molecule has 1 N–H and O–H groups in total. The van der Waals surface area contributed by atoms with Gasteiger partial charge >= 0.3 is 6.09 Å². The molecule has 1 saturated heterocycles. The minimum atomic E-state index is -0.716. The van der Waals surface area contributed by atoms with E-state index in [1.165, 1.54) is 6.07 Å². The van der Waals surface area contributed by atoms with Crippen LogP contribution in [0.25, 0.3) is 0 Å². The van der Waals surface area contributed by atoms with Gasteiger partial charge in [0.05, 0.1) is 6.04 Å². The lowest BCUT2D eigenvalue weighted by Crippen LogP contribution is -2.47. The number of ketones is 1. The minimum absolute atomic E-state index is 0.0816. The molecule has 1 heterocycles. The minimum Gasteiger partial charge on any atom is -0.444 e. The van der Waals surface area contributed by atoms with Crippen LogP contribution in [0.2, 0.25) is 0 Å². The van der Waals surface area contributed by atoms with Crippen LogP contribution in [-0.2, 0) is 14.3 Å². The van der Waals surface area contributed by atoms with Gasteiger partial charge in [0.15, 0.2) is 5.78 Å². The topological polar surface area (TPSA) is 64.6 Å². The van der Waals surface area contributed by atoms with Crippen molar-refractivity contribution < 1.29 is 23.5 Å². The average Bonchev–Trinajstić information content (AvgIpc) is 2.38. The predicted octanol–water partition coefficient (Wildman–Crippen LogP) is 2.75. The molecule has 2 atom stereocenters. The lowest BCUT2D eigenvalue weighted by Gasteiger charge is -2.32. The van der Waals surface area contributed by atoms with Crippen molar-refractivity contribution in [3.63, 3.8) is 0 Å². The van der Waals surface area contributed by atoms with Gasteiger partial charge < -0.3 is 14.8 Å². The Morgan fingerprint density at radius 3 is 2.68 bits per heavy atom. The van der Waals surface area contributed by atoms with Crippen LogP contribution in [0.4, 0.5) is 9.18 Å². The zero-order valence-electron chi connectivity index (χ0n) is 12.9. The number of halogens is 1.